The summed E-state index contributed by atoms with van der Waals surface area (Å²) in [6, 6.07) is 11.1. The Kier molecular flexibility index (Phi) is 4.69. The maximum atomic E-state index is 13.9. The Labute approximate surface area is 117 Å². The number of likely N-dealkylation sites (N-methyl/N-ethyl adjacent to an activating group) is 1. The van der Waals surface area contributed by atoms with E-state index in [1.165, 1.54) is 10.9 Å². The molecule has 2 unspecified atom stereocenters. The first-order valence-electron chi connectivity index (χ1n) is 6.35. The minimum Gasteiger partial charge on any atom is -0.329 e. The van der Waals surface area contributed by atoms with Crippen molar-refractivity contribution in [1.82, 2.24) is 4.90 Å². The highest BCUT2D eigenvalue weighted by Crippen LogP contribution is 2.31. The average Bonchev–Trinajstić information content (AvgIpc) is 2.94. The van der Waals surface area contributed by atoms with Crippen LogP contribution in [-0.4, -0.2) is 18.5 Å². The predicted octanol–water partition coefficient (Wildman–Crippen LogP) is 3.58. The number of benzene rings is 1. The number of hydrogen-bond donors (Lipinski definition) is 1. The molecule has 0 amide bonds. The van der Waals surface area contributed by atoms with E-state index >= 15 is 0 Å². The van der Waals surface area contributed by atoms with Crippen molar-refractivity contribution < 1.29 is 4.39 Å². The van der Waals surface area contributed by atoms with E-state index in [4.69, 9.17) is 5.73 Å². The van der Waals surface area contributed by atoms with E-state index in [0.29, 0.717) is 12.1 Å². The van der Waals surface area contributed by atoms with Gasteiger partial charge in [0.1, 0.15) is 5.82 Å². The van der Waals surface area contributed by atoms with Gasteiger partial charge in [-0.25, -0.2) is 4.39 Å². The van der Waals surface area contributed by atoms with Crippen LogP contribution in [0.3, 0.4) is 0 Å². The molecule has 1 aromatic heterocycles. The molecular weight excluding hydrogens is 259 g/mol. The maximum Gasteiger partial charge on any atom is 0.128 e. The predicted molar refractivity (Wildman–Crippen MR) is 78.7 cm³/mol. The summed E-state index contributed by atoms with van der Waals surface area (Å²) in [5.74, 6) is -0.192. The zero-order valence-electron chi connectivity index (χ0n) is 11.2. The van der Waals surface area contributed by atoms with E-state index in [2.05, 4.69) is 23.3 Å². The quantitative estimate of drug-likeness (QED) is 0.905. The molecule has 102 valence electrons. The molecule has 4 heteroatoms. The van der Waals surface area contributed by atoms with Gasteiger partial charge in [-0.05, 0) is 31.5 Å². The zero-order chi connectivity index (χ0) is 13.8. The molecule has 2 aromatic rings. The number of rotatable bonds is 5. The molecule has 2 atom stereocenters. The Hall–Kier alpha value is -1.23. The first kappa shape index (κ1) is 14.2. The van der Waals surface area contributed by atoms with E-state index in [-0.39, 0.29) is 17.9 Å². The molecule has 0 saturated carbocycles. The standard InChI is InChI=1S/C15H19FN2S/c1-11(15-8-5-9-19-15)18(2)14(10-17)12-6-3-4-7-13(12)16/h3-9,11,14H,10,17H2,1-2H3. The van der Waals surface area contributed by atoms with Gasteiger partial charge in [0.25, 0.3) is 0 Å². The fourth-order valence-electron chi connectivity index (χ4n) is 2.26. The van der Waals surface area contributed by atoms with Gasteiger partial charge in [0.2, 0.25) is 0 Å². The van der Waals surface area contributed by atoms with Crippen molar-refractivity contribution in [2.75, 3.05) is 13.6 Å². The summed E-state index contributed by atoms with van der Waals surface area (Å²) in [4.78, 5) is 3.39. The summed E-state index contributed by atoms with van der Waals surface area (Å²) in [6.07, 6.45) is 0. The van der Waals surface area contributed by atoms with Crippen LogP contribution < -0.4 is 5.73 Å². The van der Waals surface area contributed by atoms with Crippen molar-refractivity contribution in [3.05, 3.63) is 58.0 Å². The van der Waals surface area contributed by atoms with Gasteiger partial charge < -0.3 is 5.73 Å². The highest BCUT2D eigenvalue weighted by Gasteiger charge is 2.23. The molecule has 0 aliphatic rings. The molecular formula is C15H19FN2S. The van der Waals surface area contributed by atoms with Crippen molar-refractivity contribution in [3.8, 4) is 0 Å². The van der Waals surface area contributed by atoms with Gasteiger partial charge in [0, 0.05) is 23.0 Å². The molecule has 2 N–H and O–H groups in total. The monoisotopic (exact) mass is 278 g/mol. The number of nitrogens with zero attached hydrogens (tertiary/aromatic N) is 1. The topological polar surface area (TPSA) is 29.3 Å². The van der Waals surface area contributed by atoms with Crippen LogP contribution >= 0.6 is 11.3 Å². The average molecular weight is 278 g/mol. The van der Waals surface area contributed by atoms with Gasteiger partial charge in [-0.15, -0.1) is 11.3 Å². The molecule has 2 rings (SSSR count). The fraction of sp³-hybridized carbons (Fsp3) is 0.333. The third-order valence-corrected chi connectivity index (χ3v) is 4.59. The van der Waals surface area contributed by atoms with E-state index in [9.17, 15) is 4.39 Å². The Morgan fingerprint density at radius 3 is 2.58 bits per heavy atom. The number of halogens is 1. The summed E-state index contributed by atoms with van der Waals surface area (Å²) >= 11 is 1.71. The van der Waals surface area contributed by atoms with Crippen LogP contribution in [0.25, 0.3) is 0 Å². The van der Waals surface area contributed by atoms with E-state index < -0.39 is 0 Å². The lowest BCUT2D eigenvalue weighted by molar-refractivity contribution is 0.189. The van der Waals surface area contributed by atoms with Crippen LogP contribution in [0.4, 0.5) is 4.39 Å². The number of hydrogen-bond acceptors (Lipinski definition) is 3. The molecule has 2 nitrogen and oxygen atoms in total. The van der Waals surface area contributed by atoms with Gasteiger partial charge in [-0.1, -0.05) is 24.3 Å². The van der Waals surface area contributed by atoms with Gasteiger partial charge in [0.05, 0.1) is 6.04 Å². The van der Waals surface area contributed by atoms with Crippen LogP contribution in [0.1, 0.15) is 29.4 Å². The summed E-state index contributed by atoms with van der Waals surface area (Å²) in [5.41, 5.74) is 6.52. The van der Waals surface area contributed by atoms with Gasteiger partial charge in [-0.2, -0.15) is 0 Å². The van der Waals surface area contributed by atoms with Crippen LogP contribution in [0.15, 0.2) is 41.8 Å². The van der Waals surface area contributed by atoms with Crippen LogP contribution in [0.5, 0.6) is 0 Å². The zero-order valence-corrected chi connectivity index (χ0v) is 12.0. The first-order valence-corrected chi connectivity index (χ1v) is 7.23. The van der Waals surface area contributed by atoms with Crippen molar-refractivity contribution in [2.45, 2.75) is 19.0 Å². The third-order valence-electron chi connectivity index (χ3n) is 3.54. The molecule has 1 heterocycles. The van der Waals surface area contributed by atoms with Gasteiger partial charge >= 0.3 is 0 Å². The van der Waals surface area contributed by atoms with Crippen LogP contribution in [0, 0.1) is 5.82 Å². The first-order chi connectivity index (χ1) is 9.15. The van der Waals surface area contributed by atoms with Crippen molar-refractivity contribution in [3.63, 3.8) is 0 Å². The Morgan fingerprint density at radius 2 is 2.00 bits per heavy atom. The maximum absolute atomic E-state index is 13.9. The smallest absolute Gasteiger partial charge is 0.128 e. The lowest BCUT2D eigenvalue weighted by atomic mass is 10.0. The highest BCUT2D eigenvalue weighted by molar-refractivity contribution is 7.10. The second-order valence-corrected chi connectivity index (χ2v) is 5.61. The molecule has 0 fully saturated rings. The minimum atomic E-state index is -0.192. The molecule has 1 aromatic carbocycles. The summed E-state index contributed by atoms with van der Waals surface area (Å²) in [7, 11) is 1.99. The largest absolute Gasteiger partial charge is 0.329 e. The van der Waals surface area contributed by atoms with Gasteiger partial charge in [0.15, 0.2) is 0 Å². The van der Waals surface area contributed by atoms with Crippen molar-refractivity contribution in [2.24, 2.45) is 5.73 Å². The van der Waals surface area contributed by atoms with E-state index in [1.54, 1.807) is 17.4 Å². The summed E-state index contributed by atoms with van der Waals surface area (Å²) in [6.45, 7) is 2.52. The third kappa shape index (κ3) is 3.03. The lowest BCUT2D eigenvalue weighted by Gasteiger charge is -2.32. The minimum absolute atomic E-state index is 0.113. The molecule has 0 aliphatic carbocycles. The fourth-order valence-corrected chi connectivity index (χ4v) is 3.09. The number of nitrogens with two attached hydrogens (primary N) is 1. The summed E-state index contributed by atoms with van der Waals surface area (Å²) < 4.78 is 13.9. The molecule has 0 bridgehead atoms. The highest BCUT2D eigenvalue weighted by atomic mass is 32.1. The second-order valence-electron chi connectivity index (χ2n) is 4.63. The SMILES string of the molecule is CC(c1cccs1)N(C)C(CN)c1ccccc1F. The van der Waals surface area contributed by atoms with Crippen LogP contribution in [0.2, 0.25) is 0 Å². The molecule has 0 saturated heterocycles. The lowest BCUT2D eigenvalue weighted by Crippen LogP contribution is -2.33. The second kappa shape index (κ2) is 6.28. The molecule has 0 radical (unpaired) electrons. The number of thiophene rings is 1. The van der Waals surface area contributed by atoms with Crippen molar-refractivity contribution in [1.29, 1.82) is 0 Å². The molecule has 0 spiro atoms. The summed E-state index contributed by atoms with van der Waals surface area (Å²) in [5, 5.41) is 2.06. The Bertz CT molecular complexity index is 513. The van der Waals surface area contributed by atoms with Crippen LogP contribution in [-0.2, 0) is 0 Å². The molecule has 19 heavy (non-hydrogen) atoms. The molecule has 0 aliphatic heterocycles. The van der Waals surface area contributed by atoms with Gasteiger partial charge in [-0.3, -0.25) is 4.90 Å². The van der Waals surface area contributed by atoms with E-state index in [0.717, 1.165) is 0 Å². The Balaban J connectivity index is 2.25. The van der Waals surface area contributed by atoms with E-state index in [1.807, 2.05) is 25.2 Å². The normalized spacial score (nSPS) is 14.6. The van der Waals surface area contributed by atoms with Crippen molar-refractivity contribution >= 4 is 11.3 Å². The Morgan fingerprint density at radius 1 is 1.26 bits per heavy atom.